The molecule has 1 N–H and O–H groups in total. The lowest BCUT2D eigenvalue weighted by atomic mass is 10.0. The van der Waals surface area contributed by atoms with Gasteiger partial charge in [-0.3, -0.25) is 0 Å². The Morgan fingerprint density at radius 2 is 2.00 bits per heavy atom. The van der Waals surface area contributed by atoms with Crippen molar-refractivity contribution in [3.05, 3.63) is 33.8 Å². The maximum Gasteiger partial charge on any atom is 0.417 e. The van der Waals surface area contributed by atoms with Crippen molar-refractivity contribution >= 4 is 17.6 Å². The highest BCUT2D eigenvalue weighted by molar-refractivity contribution is 6.31. The lowest BCUT2D eigenvalue weighted by Gasteiger charge is -2.10. The molecule has 84 valence electrons. The fourth-order valence-corrected chi connectivity index (χ4v) is 1.33. The summed E-state index contributed by atoms with van der Waals surface area (Å²) in [6, 6.07) is 2.42. The van der Waals surface area contributed by atoms with Gasteiger partial charge in [-0.05, 0) is 12.1 Å². The quantitative estimate of drug-likeness (QED) is 0.832. The van der Waals surface area contributed by atoms with Crippen LogP contribution in [0.1, 0.15) is 21.5 Å². The molecule has 1 aromatic rings. The molecule has 0 fully saturated rings. The minimum atomic E-state index is -4.72. The average Bonchev–Trinajstić information content (AvgIpc) is 2.15. The molecule has 0 amide bonds. The van der Waals surface area contributed by atoms with E-state index in [4.69, 9.17) is 22.0 Å². The van der Waals surface area contributed by atoms with E-state index in [0.29, 0.717) is 12.1 Å². The van der Waals surface area contributed by atoms with E-state index in [2.05, 4.69) is 0 Å². The molecule has 1 rings (SSSR count). The smallest absolute Gasteiger partial charge is 0.417 e. The predicted octanol–water partition coefficient (Wildman–Crippen LogP) is 2.93. The van der Waals surface area contributed by atoms with E-state index >= 15 is 0 Å². The summed E-state index contributed by atoms with van der Waals surface area (Å²) in [5.41, 5.74) is -2.36. The van der Waals surface area contributed by atoms with Crippen molar-refractivity contribution in [3.63, 3.8) is 0 Å². The number of nitrogens with zero attached hydrogens (tertiary/aromatic N) is 1. The Balaban J connectivity index is 3.51. The molecule has 0 aliphatic heterocycles. The van der Waals surface area contributed by atoms with Crippen molar-refractivity contribution in [1.82, 2.24) is 0 Å². The highest BCUT2D eigenvalue weighted by atomic mass is 35.5. The van der Waals surface area contributed by atoms with Gasteiger partial charge in [0.2, 0.25) is 0 Å². The maximum atomic E-state index is 12.4. The number of nitriles is 1. The maximum absolute atomic E-state index is 12.4. The monoisotopic (exact) mass is 249 g/mol. The van der Waals surface area contributed by atoms with Crippen LogP contribution in [-0.2, 0) is 6.18 Å². The van der Waals surface area contributed by atoms with Gasteiger partial charge in [-0.25, -0.2) is 4.79 Å². The first-order valence-electron chi connectivity index (χ1n) is 3.81. The van der Waals surface area contributed by atoms with Crippen molar-refractivity contribution in [2.24, 2.45) is 0 Å². The molecule has 7 heteroatoms. The molecule has 0 saturated carbocycles. The Morgan fingerprint density at radius 1 is 1.44 bits per heavy atom. The third-order valence-electron chi connectivity index (χ3n) is 1.76. The zero-order chi connectivity index (χ0) is 12.5. The van der Waals surface area contributed by atoms with Crippen LogP contribution in [0.4, 0.5) is 13.2 Å². The van der Waals surface area contributed by atoms with Crippen molar-refractivity contribution in [2.45, 2.75) is 6.18 Å². The number of carbonyl (C=O) groups is 1. The first-order chi connectivity index (χ1) is 7.27. The number of carboxylic acids is 1. The van der Waals surface area contributed by atoms with Crippen LogP contribution in [0.3, 0.4) is 0 Å². The molecule has 3 nitrogen and oxygen atoms in total. The number of rotatable bonds is 1. The minimum Gasteiger partial charge on any atom is -0.478 e. The molecule has 0 aliphatic rings. The first-order valence-corrected chi connectivity index (χ1v) is 4.19. The SMILES string of the molecule is N#Cc1cc(C(F)(F)F)c(Cl)cc1C(=O)O. The zero-order valence-corrected chi connectivity index (χ0v) is 8.23. The summed E-state index contributed by atoms with van der Waals surface area (Å²) in [6.45, 7) is 0. The van der Waals surface area contributed by atoms with Crippen LogP contribution in [0.5, 0.6) is 0 Å². The van der Waals surface area contributed by atoms with Crippen LogP contribution < -0.4 is 0 Å². The van der Waals surface area contributed by atoms with E-state index in [1.807, 2.05) is 0 Å². The number of hydrogen-bond donors (Lipinski definition) is 1. The first kappa shape index (κ1) is 12.3. The van der Waals surface area contributed by atoms with E-state index in [-0.39, 0.29) is 0 Å². The van der Waals surface area contributed by atoms with Gasteiger partial charge in [0.05, 0.1) is 21.7 Å². The van der Waals surface area contributed by atoms with Gasteiger partial charge in [0.25, 0.3) is 0 Å². The zero-order valence-electron chi connectivity index (χ0n) is 7.47. The number of halogens is 4. The van der Waals surface area contributed by atoms with E-state index < -0.39 is 33.9 Å². The Hall–Kier alpha value is -1.74. The topological polar surface area (TPSA) is 61.1 Å². The Morgan fingerprint density at radius 3 is 2.38 bits per heavy atom. The Bertz CT molecular complexity index is 491. The second kappa shape index (κ2) is 4.02. The molecular weight excluding hydrogens is 247 g/mol. The molecule has 1 aromatic carbocycles. The number of aromatic carboxylic acids is 1. The number of hydrogen-bond acceptors (Lipinski definition) is 2. The average molecular weight is 250 g/mol. The fraction of sp³-hybridized carbons (Fsp3) is 0.111. The van der Waals surface area contributed by atoms with Crippen molar-refractivity contribution in [2.75, 3.05) is 0 Å². The van der Waals surface area contributed by atoms with Crippen LogP contribution in [0.25, 0.3) is 0 Å². The van der Waals surface area contributed by atoms with Gasteiger partial charge in [-0.1, -0.05) is 11.6 Å². The second-order valence-corrected chi connectivity index (χ2v) is 3.20. The summed E-state index contributed by atoms with van der Waals surface area (Å²) in [5, 5.41) is 16.4. The van der Waals surface area contributed by atoms with Gasteiger partial charge < -0.3 is 5.11 Å². The normalized spacial score (nSPS) is 10.9. The molecule has 0 saturated heterocycles. The molecular formula is C9H3ClF3NO2. The lowest BCUT2D eigenvalue weighted by Crippen LogP contribution is -2.09. The van der Waals surface area contributed by atoms with Crippen LogP contribution in [0, 0.1) is 11.3 Å². The van der Waals surface area contributed by atoms with Crippen LogP contribution >= 0.6 is 11.6 Å². The van der Waals surface area contributed by atoms with Gasteiger partial charge in [0.1, 0.15) is 6.07 Å². The molecule has 0 unspecified atom stereocenters. The van der Waals surface area contributed by atoms with Crippen molar-refractivity contribution in [3.8, 4) is 6.07 Å². The lowest BCUT2D eigenvalue weighted by molar-refractivity contribution is -0.137. The van der Waals surface area contributed by atoms with Gasteiger partial charge in [0, 0.05) is 0 Å². The second-order valence-electron chi connectivity index (χ2n) is 2.79. The van der Waals surface area contributed by atoms with Gasteiger partial charge >= 0.3 is 12.1 Å². The molecule has 16 heavy (non-hydrogen) atoms. The highest BCUT2D eigenvalue weighted by Gasteiger charge is 2.34. The molecule has 0 aromatic heterocycles. The summed E-state index contributed by atoms with van der Waals surface area (Å²) < 4.78 is 37.1. The highest BCUT2D eigenvalue weighted by Crippen LogP contribution is 2.36. The van der Waals surface area contributed by atoms with Gasteiger partial charge in [0.15, 0.2) is 0 Å². The summed E-state index contributed by atoms with van der Waals surface area (Å²) in [6.07, 6.45) is -4.72. The van der Waals surface area contributed by atoms with E-state index in [1.165, 1.54) is 6.07 Å². The Labute approximate surface area is 92.7 Å². The van der Waals surface area contributed by atoms with Crippen molar-refractivity contribution < 1.29 is 23.1 Å². The van der Waals surface area contributed by atoms with Gasteiger partial charge in [-0.2, -0.15) is 18.4 Å². The summed E-state index contributed by atoms with van der Waals surface area (Å²) in [4.78, 5) is 10.6. The number of benzene rings is 1. The summed E-state index contributed by atoms with van der Waals surface area (Å²) >= 11 is 5.29. The van der Waals surface area contributed by atoms with Crippen LogP contribution in [0.2, 0.25) is 5.02 Å². The van der Waals surface area contributed by atoms with E-state index in [9.17, 15) is 18.0 Å². The number of carboxylic acid groups (broad SMARTS) is 1. The Kier molecular flexibility index (Phi) is 3.10. The van der Waals surface area contributed by atoms with E-state index in [0.717, 1.165) is 0 Å². The van der Waals surface area contributed by atoms with Crippen molar-refractivity contribution in [1.29, 1.82) is 5.26 Å². The van der Waals surface area contributed by atoms with E-state index in [1.54, 1.807) is 0 Å². The standard InChI is InChI=1S/C9H3ClF3NO2/c10-7-2-5(8(15)16)4(3-14)1-6(7)9(11,12)13/h1-2H,(H,15,16). The van der Waals surface area contributed by atoms with Crippen LogP contribution in [-0.4, -0.2) is 11.1 Å². The van der Waals surface area contributed by atoms with Crippen LogP contribution in [0.15, 0.2) is 12.1 Å². The largest absolute Gasteiger partial charge is 0.478 e. The molecule has 0 atom stereocenters. The number of alkyl halides is 3. The third kappa shape index (κ3) is 2.25. The third-order valence-corrected chi connectivity index (χ3v) is 2.08. The molecule has 0 heterocycles. The summed E-state index contributed by atoms with van der Waals surface area (Å²) in [7, 11) is 0. The predicted molar refractivity (Wildman–Crippen MR) is 48.1 cm³/mol. The molecule has 0 bridgehead atoms. The molecule has 0 radical (unpaired) electrons. The molecule has 0 spiro atoms. The fourth-order valence-electron chi connectivity index (χ4n) is 1.06. The summed E-state index contributed by atoms with van der Waals surface area (Å²) in [5.74, 6) is -1.51. The molecule has 0 aliphatic carbocycles. The van der Waals surface area contributed by atoms with Gasteiger partial charge in [-0.15, -0.1) is 0 Å². The minimum absolute atomic E-state index is 0.422.